The van der Waals surface area contributed by atoms with Gasteiger partial charge in [-0.2, -0.15) is 0 Å². The smallest absolute Gasteiger partial charge is 0.319 e. The zero-order chi connectivity index (χ0) is 18.0. The van der Waals surface area contributed by atoms with Crippen LogP contribution in [0.4, 0.5) is 19.3 Å². The Labute approximate surface area is 153 Å². The van der Waals surface area contributed by atoms with Gasteiger partial charge >= 0.3 is 6.03 Å². The summed E-state index contributed by atoms with van der Waals surface area (Å²) >= 11 is 11.6. The molecule has 1 aromatic heterocycles. The maximum atomic E-state index is 13.8. The number of amides is 2. The molecule has 0 radical (unpaired) electrons. The Hall–Kier alpha value is -1.92. The third-order valence-corrected chi connectivity index (χ3v) is 4.77. The lowest BCUT2D eigenvalue weighted by atomic mass is 10.1. The molecule has 1 heterocycles. The Morgan fingerprint density at radius 1 is 1.20 bits per heavy atom. The van der Waals surface area contributed by atoms with Gasteiger partial charge in [-0.1, -0.05) is 23.2 Å². The number of carbonyl (C=O) groups excluding carboxylic acids is 1. The van der Waals surface area contributed by atoms with E-state index in [2.05, 4.69) is 15.6 Å². The van der Waals surface area contributed by atoms with Gasteiger partial charge in [-0.25, -0.2) is 13.6 Å². The molecular weight excluding hydrogens is 371 g/mol. The van der Waals surface area contributed by atoms with Crippen molar-refractivity contribution < 1.29 is 13.6 Å². The first kappa shape index (κ1) is 17.9. The van der Waals surface area contributed by atoms with Gasteiger partial charge in [-0.05, 0) is 49.4 Å². The molecule has 0 fully saturated rings. The number of hydrogen-bond donors (Lipinski definition) is 2. The van der Waals surface area contributed by atoms with Gasteiger partial charge in [-0.3, -0.25) is 4.98 Å². The lowest BCUT2D eigenvalue weighted by molar-refractivity contribution is 0.247. The fourth-order valence-corrected chi connectivity index (χ4v) is 3.19. The Balaban J connectivity index is 1.68. The van der Waals surface area contributed by atoms with Gasteiger partial charge in [0, 0.05) is 11.7 Å². The van der Waals surface area contributed by atoms with Crippen LogP contribution < -0.4 is 10.6 Å². The van der Waals surface area contributed by atoms with E-state index in [0.717, 1.165) is 36.6 Å². The monoisotopic (exact) mass is 385 g/mol. The Morgan fingerprint density at radius 3 is 2.76 bits per heavy atom. The van der Waals surface area contributed by atoms with Gasteiger partial charge < -0.3 is 10.6 Å². The van der Waals surface area contributed by atoms with E-state index in [4.69, 9.17) is 23.2 Å². The van der Waals surface area contributed by atoms with Gasteiger partial charge in [0.15, 0.2) is 0 Å². The van der Waals surface area contributed by atoms with Crippen molar-refractivity contribution in [2.45, 2.75) is 31.7 Å². The van der Waals surface area contributed by atoms with Gasteiger partial charge in [0.05, 0.1) is 21.9 Å². The quantitative estimate of drug-likeness (QED) is 0.579. The van der Waals surface area contributed by atoms with Crippen molar-refractivity contribution in [1.29, 1.82) is 0 Å². The number of pyridine rings is 1. The van der Waals surface area contributed by atoms with Crippen LogP contribution in [0.2, 0.25) is 10.0 Å². The molecule has 2 N–H and O–H groups in total. The van der Waals surface area contributed by atoms with Crippen molar-refractivity contribution >= 4 is 34.9 Å². The third kappa shape index (κ3) is 4.38. The SMILES string of the molecule is O=C(Nc1cc(Cl)c(Cl)cc1F)N[C@@H]1CCCc2ncc(F)cc2C1. The third-order valence-electron chi connectivity index (χ3n) is 4.05. The van der Waals surface area contributed by atoms with Crippen molar-refractivity contribution in [3.05, 3.63) is 57.3 Å². The standard InChI is InChI=1S/C17H15Cl2F2N3O/c18-12-6-14(21)16(7-13(12)19)24-17(25)23-11-2-1-3-15-9(5-11)4-10(20)8-22-15/h4,6-8,11H,1-3,5H2,(H2,23,24,25)/t11-/m1/s1. The molecule has 0 aliphatic heterocycles. The molecule has 4 nitrogen and oxygen atoms in total. The van der Waals surface area contributed by atoms with Crippen molar-refractivity contribution in [3.63, 3.8) is 0 Å². The molecule has 25 heavy (non-hydrogen) atoms. The van der Waals surface area contributed by atoms with E-state index in [9.17, 15) is 13.6 Å². The summed E-state index contributed by atoms with van der Waals surface area (Å²) in [5, 5.41) is 5.42. The molecule has 1 aliphatic carbocycles. The molecule has 1 atom stereocenters. The molecule has 0 saturated heterocycles. The lowest BCUT2D eigenvalue weighted by Crippen LogP contribution is -2.39. The number of benzene rings is 1. The summed E-state index contributed by atoms with van der Waals surface area (Å²) in [6, 6.07) is 2.97. The first-order valence-corrected chi connectivity index (χ1v) is 8.53. The normalized spacial score (nSPS) is 16.7. The summed E-state index contributed by atoms with van der Waals surface area (Å²) in [4.78, 5) is 16.3. The number of aromatic nitrogens is 1. The first-order valence-electron chi connectivity index (χ1n) is 7.77. The van der Waals surface area contributed by atoms with Crippen LogP contribution in [-0.4, -0.2) is 17.1 Å². The van der Waals surface area contributed by atoms with E-state index in [1.54, 1.807) is 0 Å². The molecule has 2 aromatic rings. The Bertz CT molecular complexity index is 817. The van der Waals surface area contributed by atoms with E-state index >= 15 is 0 Å². The lowest BCUT2D eigenvalue weighted by Gasteiger charge is -2.18. The molecule has 1 aromatic carbocycles. The summed E-state index contributed by atoms with van der Waals surface area (Å²) in [5.41, 5.74) is 1.57. The second kappa shape index (κ2) is 7.54. The summed E-state index contributed by atoms with van der Waals surface area (Å²) in [6.07, 6.45) is 3.94. The minimum atomic E-state index is -0.679. The van der Waals surface area contributed by atoms with Crippen LogP contribution in [0.15, 0.2) is 24.4 Å². The van der Waals surface area contributed by atoms with Crippen molar-refractivity contribution in [1.82, 2.24) is 10.3 Å². The average Bonchev–Trinajstić information content (AvgIpc) is 2.73. The van der Waals surface area contributed by atoms with E-state index < -0.39 is 17.7 Å². The van der Waals surface area contributed by atoms with Crippen molar-refractivity contribution in [2.24, 2.45) is 0 Å². The van der Waals surface area contributed by atoms with Gasteiger partial charge in [0.2, 0.25) is 0 Å². The number of aryl methyl sites for hydroxylation is 1. The Kier molecular flexibility index (Phi) is 5.39. The largest absolute Gasteiger partial charge is 0.335 e. The predicted octanol–water partition coefficient (Wildman–Crippen LogP) is 4.74. The maximum absolute atomic E-state index is 13.8. The molecule has 1 aliphatic rings. The molecule has 0 unspecified atom stereocenters. The number of hydrogen-bond acceptors (Lipinski definition) is 2. The Morgan fingerprint density at radius 2 is 1.96 bits per heavy atom. The summed E-state index contributed by atoms with van der Waals surface area (Å²) in [7, 11) is 0. The second-order valence-corrected chi connectivity index (χ2v) is 6.71. The highest BCUT2D eigenvalue weighted by molar-refractivity contribution is 6.42. The summed E-state index contributed by atoms with van der Waals surface area (Å²) < 4.78 is 27.2. The van der Waals surface area contributed by atoms with Crippen LogP contribution in [0.1, 0.15) is 24.1 Å². The predicted molar refractivity (Wildman–Crippen MR) is 93.2 cm³/mol. The number of carbonyl (C=O) groups is 1. The number of rotatable bonds is 2. The fourth-order valence-electron chi connectivity index (χ4n) is 2.88. The average molecular weight is 386 g/mol. The molecule has 0 bridgehead atoms. The van der Waals surface area contributed by atoms with Crippen LogP contribution >= 0.6 is 23.2 Å². The van der Waals surface area contributed by atoms with Gasteiger partial charge in [0.25, 0.3) is 0 Å². The molecule has 3 rings (SSSR count). The fraction of sp³-hybridized carbons (Fsp3) is 0.294. The number of nitrogens with zero attached hydrogens (tertiary/aromatic N) is 1. The first-order chi connectivity index (χ1) is 11.9. The number of nitrogens with one attached hydrogen (secondary N) is 2. The van der Waals surface area contributed by atoms with Crippen molar-refractivity contribution in [3.8, 4) is 0 Å². The molecule has 0 spiro atoms. The zero-order valence-corrected chi connectivity index (χ0v) is 14.6. The molecule has 8 heteroatoms. The van der Waals surface area contributed by atoms with Gasteiger partial charge in [0.1, 0.15) is 11.6 Å². The van der Waals surface area contributed by atoms with E-state index in [-0.39, 0.29) is 21.8 Å². The number of halogens is 4. The van der Waals surface area contributed by atoms with Gasteiger partial charge in [-0.15, -0.1) is 0 Å². The highest BCUT2D eigenvalue weighted by Gasteiger charge is 2.20. The van der Waals surface area contributed by atoms with Crippen LogP contribution in [0, 0.1) is 11.6 Å². The maximum Gasteiger partial charge on any atom is 0.319 e. The van der Waals surface area contributed by atoms with E-state index in [1.807, 2.05) is 0 Å². The number of fused-ring (bicyclic) bond motifs is 1. The molecular formula is C17H15Cl2F2N3O. The molecule has 0 saturated carbocycles. The van der Waals surface area contributed by atoms with Crippen LogP contribution in [0.25, 0.3) is 0 Å². The van der Waals surface area contributed by atoms with E-state index in [1.165, 1.54) is 18.3 Å². The van der Waals surface area contributed by atoms with Crippen LogP contribution in [-0.2, 0) is 12.8 Å². The molecule has 2 amide bonds. The van der Waals surface area contributed by atoms with Crippen LogP contribution in [0.3, 0.4) is 0 Å². The molecule has 132 valence electrons. The van der Waals surface area contributed by atoms with Crippen LogP contribution in [0.5, 0.6) is 0 Å². The summed E-state index contributed by atoms with van der Waals surface area (Å²) in [5.74, 6) is -1.08. The number of urea groups is 1. The topological polar surface area (TPSA) is 54.0 Å². The van der Waals surface area contributed by atoms with E-state index in [0.29, 0.717) is 6.42 Å². The second-order valence-electron chi connectivity index (χ2n) is 5.90. The minimum absolute atomic E-state index is 0.0615. The van der Waals surface area contributed by atoms with Crippen molar-refractivity contribution in [2.75, 3.05) is 5.32 Å². The minimum Gasteiger partial charge on any atom is -0.335 e. The zero-order valence-electron chi connectivity index (χ0n) is 13.1. The highest BCUT2D eigenvalue weighted by Crippen LogP contribution is 2.28. The number of anilines is 1. The summed E-state index contributed by atoms with van der Waals surface area (Å²) in [6.45, 7) is 0. The highest BCUT2D eigenvalue weighted by atomic mass is 35.5.